The van der Waals surface area contributed by atoms with E-state index in [1.807, 2.05) is 27.7 Å². The number of alkyl halides is 2. The molecule has 2 aliphatic rings. The number of hydrogen-bond acceptors (Lipinski definition) is 0. The van der Waals surface area contributed by atoms with Crippen LogP contribution in [0.25, 0.3) is 0 Å². The Balaban J connectivity index is 2.60. The minimum absolute atomic E-state index is 0.381. The van der Waals surface area contributed by atoms with Gasteiger partial charge in [-0.25, -0.2) is 8.78 Å². The third kappa shape index (κ3) is 1.76. The smallest absolute Gasteiger partial charge is 0.201 e. The lowest BCUT2D eigenvalue weighted by molar-refractivity contribution is -0.0675. The lowest BCUT2D eigenvalue weighted by Gasteiger charge is -2.31. The van der Waals surface area contributed by atoms with Crippen LogP contribution in [0.5, 0.6) is 0 Å². The van der Waals surface area contributed by atoms with E-state index in [-0.39, 0.29) is 0 Å². The average Bonchev–Trinajstić information content (AvgIpc) is 2.85. The summed E-state index contributed by atoms with van der Waals surface area (Å²) in [5.74, 6) is -2.61. The topological polar surface area (TPSA) is 0 Å². The van der Waals surface area contributed by atoms with Crippen molar-refractivity contribution in [3.63, 3.8) is 0 Å². The molecule has 0 bridgehead atoms. The highest BCUT2D eigenvalue weighted by molar-refractivity contribution is 5.50. The number of halogens is 2. The molecule has 0 atom stereocenters. The third-order valence-electron chi connectivity index (χ3n) is 4.92. The zero-order valence-electron chi connectivity index (χ0n) is 12.0. The zero-order chi connectivity index (χ0) is 13.6. The maximum Gasteiger partial charge on any atom is 0.279 e. The molecule has 1 spiro atoms. The molecule has 102 valence electrons. The van der Waals surface area contributed by atoms with E-state index in [0.29, 0.717) is 24.8 Å². The summed E-state index contributed by atoms with van der Waals surface area (Å²) in [6, 6.07) is 0. The monoisotopic (exact) mass is 254 g/mol. The summed E-state index contributed by atoms with van der Waals surface area (Å²) in [5.41, 5.74) is 2.51. The Kier molecular flexibility index (Phi) is 3.42. The van der Waals surface area contributed by atoms with Gasteiger partial charge in [0, 0.05) is 11.0 Å². The molecule has 0 unspecified atom stereocenters. The van der Waals surface area contributed by atoms with Crippen LogP contribution >= 0.6 is 0 Å². The van der Waals surface area contributed by atoms with Crippen LogP contribution in [0.2, 0.25) is 0 Å². The van der Waals surface area contributed by atoms with Crippen molar-refractivity contribution in [1.82, 2.24) is 0 Å². The maximum atomic E-state index is 14.9. The molecule has 0 aromatic carbocycles. The van der Waals surface area contributed by atoms with E-state index >= 15 is 0 Å². The Morgan fingerprint density at radius 3 is 2.11 bits per heavy atom. The van der Waals surface area contributed by atoms with E-state index < -0.39 is 11.3 Å². The first-order chi connectivity index (χ1) is 8.35. The Bertz CT molecular complexity index is 403. The van der Waals surface area contributed by atoms with Crippen molar-refractivity contribution in [2.24, 2.45) is 5.41 Å². The second kappa shape index (κ2) is 4.47. The second-order valence-corrected chi connectivity index (χ2v) is 6.23. The summed E-state index contributed by atoms with van der Waals surface area (Å²) in [6.45, 7) is 7.80. The molecule has 2 saturated carbocycles. The quantitative estimate of drug-likeness (QED) is 0.567. The highest BCUT2D eigenvalue weighted by atomic mass is 19.3. The minimum Gasteiger partial charge on any atom is -0.201 e. The molecule has 2 rings (SSSR count). The summed E-state index contributed by atoms with van der Waals surface area (Å²) in [5, 5.41) is 0. The van der Waals surface area contributed by atoms with Gasteiger partial charge in [-0.15, -0.1) is 0 Å². The highest BCUT2D eigenvalue weighted by Crippen LogP contribution is 2.64. The largest absolute Gasteiger partial charge is 0.279 e. The summed E-state index contributed by atoms with van der Waals surface area (Å²) in [4.78, 5) is 0. The standard InChI is InChI=1S/C16H24F2/c1-5-12(4)14-13(11(2)3)10-15(16(14,17)18)8-6-7-9-15/h5-10H2,1-4H3/b14-12+. The van der Waals surface area contributed by atoms with Crippen LogP contribution in [0, 0.1) is 5.41 Å². The van der Waals surface area contributed by atoms with Crippen LogP contribution in [0.15, 0.2) is 22.3 Å². The lowest BCUT2D eigenvalue weighted by atomic mass is 9.80. The van der Waals surface area contributed by atoms with Crippen LogP contribution in [-0.4, -0.2) is 5.92 Å². The molecule has 2 heteroatoms. The average molecular weight is 254 g/mol. The van der Waals surface area contributed by atoms with Crippen molar-refractivity contribution in [3.05, 3.63) is 22.3 Å². The second-order valence-electron chi connectivity index (χ2n) is 6.23. The summed E-state index contributed by atoms with van der Waals surface area (Å²) < 4.78 is 29.8. The van der Waals surface area contributed by atoms with Crippen molar-refractivity contribution < 1.29 is 8.78 Å². The van der Waals surface area contributed by atoms with Gasteiger partial charge in [-0.1, -0.05) is 30.9 Å². The molecule has 0 aromatic rings. The van der Waals surface area contributed by atoms with Crippen LogP contribution in [-0.2, 0) is 0 Å². The molecule has 0 radical (unpaired) electrons. The minimum atomic E-state index is -2.61. The van der Waals surface area contributed by atoms with Gasteiger partial charge in [-0.05, 0) is 52.0 Å². The first-order valence-electron chi connectivity index (χ1n) is 7.10. The van der Waals surface area contributed by atoms with Gasteiger partial charge in [0.25, 0.3) is 5.92 Å². The normalized spacial score (nSPS) is 28.0. The fraction of sp³-hybridized carbons (Fsp3) is 0.750. The van der Waals surface area contributed by atoms with Gasteiger partial charge in [-0.2, -0.15) is 0 Å². The SMILES string of the molecule is CC/C(C)=C1\C(=C(C)C)CC2(CCCC2)C1(F)F. The van der Waals surface area contributed by atoms with E-state index in [1.54, 1.807) is 0 Å². The summed E-state index contributed by atoms with van der Waals surface area (Å²) in [7, 11) is 0. The van der Waals surface area contributed by atoms with Gasteiger partial charge in [0.15, 0.2) is 0 Å². The molecule has 0 aliphatic heterocycles. The van der Waals surface area contributed by atoms with Crippen molar-refractivity contribution in [3.8, 4) is 0 Å². The number of hydrogen-bond donors (Lipinski definition) is 0. The van der Waals surface area contributed by atoms with E-state index in [4.69, 9.17) is 0 Å². The van der Waals surface area contributed by atoms with Gasteiger partial charge in [-0.3, -0.25) is 0 Å². The first-order valence-corrected chi connectivity index (χ1v) is 7.10. The zero-order valence-corrected chi connectivity index (χ0v) is 12.0. The van der Waals surface area contributed by atoms with Crippen molar-refractivity contribution in [2.45, 2.75) is 72.1 Å². The van der Waals surface area contributed by atoms with E-state index in [1.165, 1.54) is 0 Å². The third-order valence-corrected chi connectivity index (χ3v) is 4.92. The Hall–Kier alpha value is -0.660. The van der Waals surface area contributed by atoms with Gasteiger partial charge >= 0.3 is 0 Å². The van der Waals surface area contributed by atoms with Gasteiger partial charge < -0.3 is 0 Å². The predicted molar refractivity (Wildman–Crippen MR) is 71.8 cm³/mol. The van der Waals surface area contributed by atoms with Crippen LogP contribution in [0.1, 0.15) is 66.2 Å². The molecular weight excluding hydrogens is 230 g/mol. The molecule has 18 heavy (non-hydrogen) atoms. The van der Waals surface area contributed by atoms with Crippen molar-refractivity contribution in [2.75, 3.05) is 0 Å². The molecule has 0 N–H and O–H groups in total. The molecule has 0 saturated heterocycles. The summed E-state index contributed by atoms with van der Waals surface area (Å²) in [6.07, 6.45) is 4.62. The molecule has 0 amide bonds. The van der Waals surface area contributed by atoms with Crippen LogP contribution in [0.4, 0.5) is 8.78 Å². The Labute approximate surface area is 109 Å². The predicted octanol–water partition coefficient (Wildman–Crippen LogP) is 5.65. The lowest BCUT2D eigenvalue weighted by Crippen LogP contribution is -2.35. The fourth-order valence-corrected chi connectivity index (χ4v) is 3.66. The van der Waals surface area contributed by atoms with E-state index in [0.717, 1.165) is 36.0 Å². The van der Waals surface area contributed by atoms with Crippen LogP contribution < -0.4 is 0 Å². The fourth-order valence-electron chi connectivity index (χ4n) is 3.66. The Morgan fingerprint density at radius 1 is 1.11 bits per heavy atom. The first kappa shape index (κ1) is 13.8. The highest BCUT2D eigenvalue weighted by Gasteiger charge is 2.62. The summed E-state index contributed by atoms with van der Waals surface area (Å²) >= 11 is 0. The van der Waals surface area contributed by atoms with Crippen LogP contribution in [0.3, 0.4) is 0 Å². The van der Waals surface area contributed by atoms with Gasteiger partial charge in [0.1, 0.15) is 0 Å². The molecule has 0 aromatic heterocycles. The maximum absolute atomic E-state index is 14.9. The van der Waals surface area contributed by atoms with Gasteiger partial charge in [0.05, 0.1) is 0 Å². The number of rotatable bonds is 1. The van der Waals surface area contributed by atoms with Crippen molar-refractivity contribution in [1.29, 1.82) is 0 Å². The van der Waals surface area contributed by atoms with Gasteiger partial charge in [0.2, 0.25) is 0 Å². The molecule has 0 heterocycles. The van der Waals surface area contributed by atoms with Crippen molar-refractivity contribution >= 4 is 0 Å². The number of allylic oxidation sites excluding steroid dienone is 4. The molecular formula is C16H24F2. The van der Waals surface area contributed by atoms with E-state index in [2.05, 4.69) is 0 Å². The Morgan fingerprint density at radius 2 is 1.67 bits per heavy atom. The van der Waals surface area contributed by atoms with E-state index in [9.17, 15) is 8.78 Å². The molecule has 2 fully saturated rings. The molecule has 2 aliphatic carbocycles. The molecule has 0 nitrogen and oxygen atoms in total.